The highest BCUT2D eigenvalue weighted by atomic mass is 16.2. The number of rotatable bonds is 12. The highest BCUT2D eigenvalue weighted by Gasteiger charge is 2.23. The van der Waals surface area contributed by atoms with E-state index in [9.17, 15) is 9.59 Å². The van der Waals surface area contributed by atoms with Crippen LogP contribution in [-0.2, 0) is 0 Å². The molecule has 4 aliphatic rings. The van der Waals surface area contributed by atoms with Crippen LogP contribution in [0.2, 0.25) is 0 Å². The molecule has 0 unspecified atom stereocenters. The number of aromatic nitrogens is 8. The molecular weight excluding hydrogens is 1330 g/mol. The first-order chi connectivity index (χ1) is 53.3. The fraction of sp³-hybridized carbons (Fsp3) is 0. The van der Waals surface area contributed by atoms with Gasteiger partial charge in [0.15, 0.2) is 0 Å². The van der Waals surface area contributed by atoms with E-state index >= 15 is 0 Å². The van der Waals surface area contributed by atoms with Crippen LogP contribution in [0.25, 0.3) is 182 Å². The van der Waals surface area contributed by atoms with Crippen LogP contribution in [0, 0.1) is 0 Å². The fourth-order valence-electron chi connectivity index (χ4n) is 15.1. The van der Waals surface area contributed by atoms with Crippen LogP contribution in [0.3, 0.4) is 0 Å². The van der Waals surface area contributed by atoms with E-state index in [0.29, 0.717) is 22.5 Å². The largest absolute Gasteiger partial charge is 0.354 e. The summed E-state index contributed by atoms with van der Waals surface area (Å²) in [6, 6.07) is 102. The monoisotopic (exact) mass is 1390 g/mol. The molecule has 510 valence electrons. The molecule has 6 aromatic heterocycles. The Labute approximate surface area is 621 Å². The minimum atomic E-state index is -0.325. The molecule has 0 aliphatic carbocycles. The second-order valence-electron chi connectivity index (χ2n) is 26.8. The predicted octanol–water partition coefficient (Wildman–Crippen LogP) is 23.5. The molecule has 12 heteroatoms. The van der Waals surface area contributed by atoms with Crippen LogP contribution >= 0.6 is 0 Å². The zero-order valence-corrected chi connectivity index (χ0v) is 58.1. The number of nitrogens with one attached hydrogen (secondary N) is 6. The van der Waals surface area contributed by atoms with Crippen molar-refractivity contribution in [2.24, 2.45) is 0 Å². The zero-order valence-electron chi connectivity index (χ0n) is 58.1. The average Bonchev–Trinajstić information content (AvgIpc) is 1.62. The van der Waals surface area contributed by atoms with Gasteiger partial charge in [0.25, 0.3) is 11.8 Å². The van der Waals surface area contributed by atoms with Gasteiger partial charge >= 0.3 is 0 Å². The quantitative estimate of drug-likeness (QED) is 0.0710. The third-order valence-corrected chi connectivity index (χ3v) is 20.2. The van der Waals surface area contributed by atoms with Crippen molar-refractivity contribution in [2.75, 3.05) is 10.6 Å². The molecular formula is C96H64N10O2. The van der Waals surface area contributed by atoms with Crippen LogP contribution in [-0.4, -0.2) is 51.7 Å². The molecule has 16 bridgehead atoms. The molecule has 0 radical (unpaired) electrons. The van der Waals surface area contributed by atoms with Gasteiger partial charge in [0.2, 0.25) is 0 Å². The molecule has 0 saturated carbocycles. The molecule has 10 heterocycles. The number of aromatic amines is 4. The van der Waals surface area contributed by atoms with Gasteiger partial charge in [-0.15, -0.1) is 0 Å². The van der Waals surface area contributed by atoms with E-state index in [0.717, 1.165) is 179 Å². The number of amides is 2. The van der Waals surface area contributed by atoms with Gasteiger partial charge in [-0.2, -0.15) is 0 Å². The zero-order chi connectivity index (χ0) is 72.0. The van der Waals surface area contributed by atoms with Gasteiger partial charge in [-0.3, -0.25) is 9.59 Å². The molecule has 0 atom stereocenters. The molecule has 6 N–H and O–H groups in total. The lowest BCUT2D eigenvalue weighted by atomic mass is 10.0. The minimum absolute atomic E-state index is 0.325. The van der Waals surface area contributed by atoms with Crippen LogP contribution in [0.15, 0.2) is 303 Å². The standard InChI is InChI=1S/C96H64N10O2/c107-95(97-69-39-35-65(36-40-69)93-83-55-51-79(103-83)89(61-23-11-3-12-24-61)75-47-43-71(99-75)87(59-19-7-1-8-20-59)72-44-48-76(100-72)90(62-25-13-4-14-26-62)80-52-56-84(93)104-80)67-31-33-68(34-32-67)96(108)98-70-41-37-66(38-42-70)94-85-57-53-81(105-85)91(63-27-15-5-16-28-63)77-49-45-73(101-77)88(60-21-9-2-10-22-60)74-46-50-78(102-74)92(64-29-17-6-18-30-64)82-54-58-86(94)106-82/h1-58,99,101,104,106H,(H,97,107)(H,98,108). The Kier molecular flexibility index (Phi) is 16.2. The van der Waals surface area contributed by atoms with E-state index in [-0.39, 0.29) is 11.8 Å². The Hall–Kier alpha value is -14.9. The van der Waals surface area contributed by atoms with Crippen molar-refractivity contribution in [3.05, 3.63) is 360 Å². The molecule has 0 spiro atoms. The number of benzene rings is 9. The molecule has 0 saturated heterocycles. The number of anilines is 2. The normalized spacial score (nSPS) is 12.0. The molecule has 9 aromatic carbocycles. The molecule has 12 nitrogen and oxygen atoms in total. The van der Waals surface area contributed by atoms with E-state index in [1.807, 2.05) is 84.9 Å². The van der Waals surface area contributed by atoms with E-state index in [2.05, 4.69) is 273 Å². The van der Waals surface area contributed by atoms with Gasteiger partial charge in [0.1, 0.15) is 0 Å². The van der Waals surface area contributed by atoms with Crippen LogP contribution in [0.4, 0.5) is 11.4 Å². The fourth-order valence-corrected chi connectivity index (χ4v) is 15.1. The van der Waals surface area contributed by atoms with Crippen LogP contribution in [0.5, 0.6) is 0 Å². The van der Waals surface area contributed by atoms with E-state index in [1.54, 1.807) is 24.3 Å². The maximum atomic E-state index is 14.1. The highest BCUT2D eigenvalue weighted by molar-refractivity contribution is 6.09. The molecule has 15 aromatic rings. The number of hydrogen-bond donors (Lipinski definition) is 6. The maximum absolute atomic E-state index is 14.1. The predicted molar refractivity (Wildman–Crippen MR) is 444 cm³/mol. The molecule has 2 amide bonds. The van der Waals surface area contributed by atoms with Crippen LogP contribution in [0.1, 0.15) is 66.3 Å². The second-order valence-corrected chi connectivity index (χ2v) is 26.8. The van der Waals surface area contributed by atoms with Crippen LogP contribution < -0.4 is 10.6 Å². The summed E-state index contributed by atoms with van der Waals surface area (Å²) in [5, 5.41) is 6.21. The Balaban J connectivity index is 0.630. The Bertz CT molecular complexity index is 6100. The minimum Gasteiger partial charge on any atom is -0.354 e. The first kappa shape index (κ1) is 64.0. The summed E-state index contributed by atoms with van der Waals surface area (Å²) < 4.78 is 0. The van der Waals surface area contributed by atoms with Crippen molar-refractivity contribution < 1.29 is 9.59 Å². The van der Waals surface area contributed by atoms with E-state index in [4.69, 9.17) is 19.9 Å². The number of H-pyrrole nitrogens is 4. The molecule has 0 fully saturated rings. The van der Waals surface area contributed by atoms with Gasteiger partial charge < -0.3 is 30.6 Å². The second kappa shape index (κ2) is 27.4. The van der Waals surface area contributed by atoms with Gasteiger partial charge in [0.05, 0.1) is 45.6 Å². The van der Waals surface area contributed by atoms with Crippen molar-refractivity contribution in [1.29, 1.82) is 0 Å². The van der Waals surface area contributed by atoms with Crippen molar-refractivity contribution >= 4 is 116 Å². The Morgan fingerprint density at radius 2 is 0.361 bits per heavy atom. The van der Waals surface area contributed by atoms with Gasteiger partial charge in [-0.1, -0.05) is 206 Å². The van der Waals surface area contributed by atoms with Crippen molar-refractivity contribution in [3.8, 4) is 89.0 Å². The lowest BCUT2D eigenvalue weighted by molar-refractivity contribution is 0.101. The van der Waals surface area contributed by atoms with Crippen molar-refractivity contribution in [3.63, 3.8) is 0 Å². The maximum Gasteiger partial charge on any atom is 0.255 e. The topological polar surface area (TPSA) is 173 Å². The summed E-state index contributed by atoms with van der Waals surface area (Å²) in [7, 11) is 0. The summed E-state index contributed by atoms with van der Waals surface area (Å²) in [6.07, 6.45) is 16.8. The molecule has 4 aliphatic heterocycles. The number of nitrogens with zero attached hydrogens (tertiary/aromatic N) is 4. The van der Waals surface area contributed by atoms with E-state index in [1.165, 1.54) is 0 Å². The van der Waals surface area contributed by atoms with Crippen molar-refractivity contribution in [1.82, 2.24) is 39.9 Å². The SMILES string of the molecule is O=C(Nc1ccc(-c2c3nc(c(-c4ccccc4)c4ccc([nH]4)c(-c4ccccc4)c4nc(c(-c5ccccc5)c5ccc2[nH]5)C=C4)C=C3)cc1)c1ccc(C(=O)Nc2ccc(-c3c4nc(c(-c5ccccc5)c5ccc([nH]5)c(-c5ccccc5)c5nc(c(-c6ccccc6)c6ccc3[nH]6)C=C5)C=C4)cc2)cc1. The third kappa shape index (κ3) is 12.1. The van der Waals surface area contributed by atoms with Gasteiger partial charge in [-0.25, -0.2) is 19.9 Å². The lowest BCUT2D eigenvalue weighted by Crippen LogP contribution is -2.14. The average molecular weight is 1390 g/mol. The number of fused-ring (bicyclic) bond motifs is 16. The Morgan fingerprint density at radius 3 is 0.537 bits per heavy atom. The lowest BCUT2D eigenvalue weighted by Gasteiger charge is -2.10. The summed E-state index contributed by atoms with van der Waals surface area (Å²) >= 11 is 0. The van der Waals surface area contributed by atoms with Gasteiger partial charge in [0, 0.05) is 111 Å². The summed E-state index contributed by atoms with van der Waals surface area (Å²) in [5.74, 6) is -0.651. The first-order valence-corrected chi connectivity index (χ1v) is 35.9. The number of carbonyl (C=O) groups excluding carboxylic acids is 2. The number of carbonyl (C=O) groups is 2. The van der Waals surface area contributed by atoms with Gasteiger partial charge in [-0.05, 0) is 190 Å². The molecule has 108 heavy (non-hydrogen) atoms. The van der Waals surface area contributed by atoms with E-state index < -0.39 is 0 Å². The third-order valence-electron chi connectivity index (χ3n) is 20.2. The Morgan fingerprint density at radius 1 is 0.194 bits per heavy atom. The summed E-state index contributed by atoms with van der Waals surface area (Å²) in [4.78, 5) is 65.4. The first-order valence-electron chi connectivity index (χ1n) is 35.9. The molecule has 19 rings (SSSR count). The van der Waals surface area contributed by atoms with Crippen molar-refractivity contribution in [2.45, 2.75) is 0 Å². The summed E-state index contributed by atoms with van der Waals surface area (Å²) in [6.45, 7) is 0. The number of hydrogen-bond acceptors (Lipinski definition) is 6. The highest BCUT2D eigenvalue weighted by Crippen LogP contribution is 2.42. The summed E-state index contributed by atoms with van der Waals surface area (Å²) in [5.41, 5.74) is 31.1. The smallest absolute Gasteiger partial charge is 0.255 e.